The molecule has 1 N–H and O–H groups in total. The smallest absolute Gasteiger partial charge is 0.320 e. The van der Waals surface area contributed by atoms with E-state index in [1.165, 1.54) is 0 Å². The molecule has 2 aromatic carbocycles. The van der Waals surface area contributed by atoms with Crippen LogP contribution in [0.25, 0.3) is 11.5 Å². The summed E-state index contributed by atoms with van der Waals surface area (Å²) in [7, 11) is 0. The summed E-state index contributed by atoms with van der Waals surface area (Å²) in [6.07, 6.45) is 3.23. The van der Waals surface area contributed by atoms with Crippen molar-refractivity contribution in [1.82, 2.24) is 9.88 Å². The van der Waals surface area contributed by atoms with Crippen LogP contribution in [0.2, 0.25) is 0 Å². The highest BCUT2D eigenvalue weighted by Crippen LogP contribution is 2.23. The maximum atomic E-state index is 11.4. The number of benzene rings is 2. The van der Waals surface area contributed by atoms with Crippen molar-refractivity contribution in [3.8, 4) is 17.2 Å². The number of nitrogens with zero attached hydrogens (tertiary/aromatic N) is 2. The van der Waals surface area contributed by atoms with E-state index in [4.69, 9.17) is 9.15 Å². The van der Waals surface area contributed by atoms with Gasteiger partial charge in [0.1, 0.15) is 30.4 Å². The van der Waals surface area contributed by atoms with Gasteiger partial charge in [-0.2, -0.15) is 0 Å². The predicted octanol–water partition coefficient (Wildman–Crippen LogP) is 3.97. The van der Waals surface area contributed by atoms with Crippen molar-refractivity contribution in [2.75, 3.05) is 6.54 Å². The minimum atomic E-state index is -0.745. The number of rotatable bonds is 7. The molecule has 0 radical (unpaired) electrons. The van der Waals surface area contributed by atoms with Crippen LogP contribution in [0.5, 0.6) is 5.75 Å². The third-order valence-electron chi connectivity index (χ3n) is 4.89. The Labute approximate surface area is 163 Å². The van der Waals surface area contributed by atoms with Crippen molar-refractivity contribution < 1.29 is 19.1 Å². The van der Waals surface area contributed by atoms with Crippen molar-refractivity contribution >= 4 is 5.97 Å². The molecule has 0 aliphatic carbocycles. The van der Waals surface area contributed by atoms with Gasteiger partial charge >= 0.3 is 5.97 Å². The summed E-state index contributed by atoms with van der Waals surface area (Å²) in [5.41, 5.74) is 2.68. The molecule has 3 aromatic rings. The van der Waals surface area contributed by atoms with E-state index in [1.54, 1.807) is 6.26 Å². The van der Waals surface area contributed by atoms with Crippen LogP contribution in [0, 0.1) is 0 Å². The first kappa shape index (κ1) is 18.3. The Morgan fingerprint density at radius 1 is 1.21 bits per heavy atom. The van der Waals surface area contributed by atoms with Gasteiger partial charge in [0, 0.05) is 12.1 Å². The first-order valence-corrected chi connectivity index (χ1v) is 9.37. The third kappa shape index (κ3) is 4.23. The van der Waals surface area contributed by atoms with Gasteiger partial charge in [0.15, 0.2) is 0 Å². The molecule has 1 saturated heterocycles. The molecule has 28 heavy (non-hydrogen) atoms. The SMILES string of the molecule is O=C(O)[C@H]1CCCN1Cc1cccc(OCc2coc(-c3ccccc3)n2)c1. The Morgan fingerprint density at radius 2 is 2.07 bits per heavy atom. The topological polar surface area (TPSA) is 75.8 Å². The number of aliphatic carboxylic acids is 1. The summed E-state index contributed by atoms with van der Waals surface area (Å²) in [5.74, 6) is 0.555. The lowest BCUT2D eigenvalue weighted by molar-refractivity contribution is -0.142. The molecule has 0 saturated carbocycles. The van der Waals surface area contributed by atoms with Crippen LogP contribution in [-0.4, -0.2) is 33.5 Å². The zero-order valence-electron chi connectivity index (χ0n) is 15.5. The molecule has 0 bridgehead atoms. The molecule has 6 heteroatoms. The molecule has 144 valence electrons. The summed E-state index contributed by atoms with van der Waals surface area (Å²) >= 11 is 0. The van der Waals surface area contributed by atoms with E-state index in [0.29, 0.717) is 25.5 Å². The van der Waals surface area contributed by atoms with Gasteiger partial charge in [0.05, 0.1) is 0 Å². The van der Waals surface area contributed by atoms with Gasteiger partial charge in [-0.3, -0.25) is 9.69 Å². The van der Waals surface area contributed by atoms with Crippen LogP contribution in [0.1, 0.15) is 24.1 Å². The number of aromatic nitrogens is 1. The van der Waals surface area contributed by atoms with Crippen molar-refractivity contribution in [3.63, 3.8) is 0 Å². The summed E-state index contributed by atoms with van der Waals surface area (Å²) in [6, 6.07) is 17.1. The Morgan fingerprint density at radius 3 is 2.89 bits per heavy atom. The lowest BCUT2D eigenvalue weighted by Gasteiger charge is -2.21. The van der Waals surface area contributed by atoms with Gasteiger partial charge in [-0.25, -0.2) is 4.98 Å². The molecule has 1 aliphatic rings. The molecular formula is C22H22N2O4. The highest BCUT2D eigenvalue weighted by atomic mass is 16.5. The number of hydrogen-bond donors (Lipinski definition) is 1. The Kier molecular flexibility index (Phi) is 5.39. The Hall–Kier alpha value is -3.12. The van der Waals surface area contributed by atoms with Crippen LogP contribution in [0.4, 0.5) is 0 Å². The van der Waals surface area contributed by atoms with Crippen LogP contribution in [0.3, 0.4) is 0 Å². The summed E-state index contributed by atoms with van der Waals surface area (Å²) in [4.78, 5) is 17.8. The minimum absolute atomic E-state index is 0.307. The van der Waals surface area contributed by atoms with Gasteiger partial charge < -0.3 is 14.3 Å². The van der Waals surface area contributed by atoms with E-state index in [0.717, 1.165) is 35.5 Å². The zero-order valence-corrected chi connectivity index (χ0v) is 15.5. The Bertz CT molecular complexity index is 938. The van der Waals surface area contributed by atoms with E-state index >= 15 is 0 Å². The second kappa shape index (κ2) is 8.27. The first-order chi connectivity index (χ1) is 13.7. The second-order valence-corrected chi connectivity index (χ2v) is 6.91. The van der Waals surface area contributed by atoms with Gasteiger partial charge in [0.2, 0.25) is 5.89 Å². The number of likely N-dealkylation sites (tertiary alicyclic amines) is 1. The van der Waals surface area contributed by atoms with Crippen LogP contribution in [-0.2, 0) is 17.9 Å². The Balaban J connectivity index is 1.38. The van der Waals surface area contributed by atoms with Crippen LogP contribution in [0.15, 0.2) is 65.3 Å². The number of ether oxygens (including phenoxy) is 1. The molecule has 1 aliphatic heterocycles. The summed E-state index contributed by atoms with van der Waals surface area (Å²) in [6.45, 7) is 1.72. The van der Waals surface area contributed by atoms with Gasteiger partial charge in [-0.1, -0.05) is 30.3 Å². The van der Waals surface area contributed by atoms with Gasteiger partial charge in [-0.15, -0.1) is 0 Å². The monoisotopic (exact) mass is 378 g/mol. The number of carbonyl (C=O) groups is 1. The summed E-state index contributed by atoms with van der Waals surface area (Å²) in [5, 5.41) is 9.33. The molecule has 0 amide bonds. The fraction of sp³-hybridized carbons (Fsp3) is 0.273. The predicted molar refractivity (Wildman–Crippen MR) is 104 cm³/mol. The third-order valence-corrected chi connectivity index (χ3v) is 4.89. The number of carboxylic acid groups (broad SMARTS) is 1. The van der Waals surface area contributed by atoms with Crippen LogP contribution >= 0.6 is 0 Å². The molecule has 1 fully saturated rings. The van der Waals surface area contributed by atoms with E-state index in [-0.39, 0.29) is 0 Å². The van der Waals surface area contributed by atoms with Gasteiger partial charge in [-0.05, 0) is 49.2 Å². The number of carboxylic acids is 1. The first-order valence-electron chi connectivity index (χ1n) is 9.37. The normalized spacial score (nSPS) is 16.9. The maximum Gasteiger partial charge on any atom is 0.320 e. The van der Waals surface area contributed by atoms with E-state index in [9.17, 15) is 9.90 Å². The molecule has 0 unspecified atom stereocenters. The van der Waals surface area contributed by atoms with E-state index in [1.807, 2.05) is 59.5 Å². The average molecular weight is 378 g/mol. The zero-order chi connectivity index (χ0) is 19.3. The molecule has 2 heterocycles. The van der Waals surface area contributed by atoms with Gasteiger partial charge in [0.25, 0.3) is 0 Å². The maximum absolute atomic E-state index is 11.4. The summed E-state index contributed by atoms with van der Waals surface area (Å²) < 4.78 is 11.4. The lowest BCUT2D eigenvalue weighted by Crippen LogP contribution is -2.35. The highest BCUT2D eigenvalue weighted by Gasteiger charge is 2.30. The highest BCUT2D eigenvalue weighted by molar-refractivity contribution is 5.73. The van der Waals surface area contributed by atoms with E-state index in [2.05, 4.69) is 4.98 Å². The van der Waals surface area contributed by atoms with Crippen molar-refractivity contribution in [3.05, 3.63) is 72.1 Å². The molecule has 0 spiro atoms. The van der Waals surface area contributed by atoms with Crippen molar-refractivity contribution in [2.24, 2.45) is 0 Å². The minimum Gasteiger partial charge on any atom is -0.487 e. The lowest BCUT2D eigenvalue weighted by atomic mass is 10.1. The molecule has 1 aromatic heterocycles. The van der Waals surface area contributed by atoms with Crippen molar-refractivity contribution in [2.45, 2.75) is 32.0 Å². The fourth-order valence-electron chi connectivity index (χ4n) is 3.51. The second-order valence-electron chi connectivity index (χ2n) is 6.91. The largest absolute Gasteiger partial charge is 0.487 e. The molecule has 6 nitrogen and oxygen atoms in total. The van der Waals surface area contributed by atoms with Crippen molar-refractivity contribution in [1.29, 1.82) is 0 Å². The van der Waals surface area contributed by atoms with E-state index < -0.39 is 12.0 Å². The number of hydrogen-bond acceptors (Lipinski definition) is 5. The molecule has 1 atom stereocenters. The molecular weight excluding hydrogens is 356 g/mol. The average Bonchev–Trinajstić information content (AvgIpc) is 3.37. The van der Waals surface area contributed by atoms with Crippen LogP contribution < -0.4 is 4.74 Å². The quantitative estimate of drug-likeness (QED) is 0.670. The number of oxazole rings is 1. The standard InChI is InChI=1S/C22H22N2O4/c25-22(26)20-10-5-11-24(20)13-16-6-4-9-19(12-16)27-14-18-15-28-21(23-18)17-7-2-1-3-8-17/h1-4,6-9,12,15,20H,5,10-11,13-14H2,(H,25,26)/t20-/m1/s1. The fourth-order valence-corrected chi connectivity index (χ4v) is 3.51. The molecule has 4 rings (SSSR count).